The molecule has 2 saturated heterocycles. The molecular weight excluding hydrogens is 402 g/mol. The summed E-state index contributed by atoms with van der Waals surface area (Å²) in [5.41, 5.74) is 3.32. The number of piperazine rings is 1. The molecule has 1 aromatic carbocycles. The molecule has 0 aliphatic carbocycles. The van der Waals surface area contributed by atoms with E-state index in [0.717, 1.165) is 43.7 Å². The first-order valence-electron chi connectivity index (χ1n) is 11.7. The van der Waals surface area contributed by atoms with Gasteiger partial charge in [-0.3, -0.25) is 9.48 Å². The van der Waals surface area contributed by atoms with Gasteiger partial charge in [0.15, 0.2) is 5.96 Å². The van der Waals surface area contributed by atoms with Gasteiger partial charge in [-0.05, 0) is 43.4 Å². The molecule has 0 bridgehead atoms. The van der Waals surface area contributed by atoms with Crippen LogP contribution in [0.25, 0.3) is 0 Å². The van der Waals surface area contributed by atoms with Crippen LogP contribution in [-0.2, 0) is 18.4 Å². The molecule has 0 unspecified atom stereocenters. The van der Waals surface area contributed by atoms with Crippen LogP contribution in [0.3, 0.4) is 0 Å². The van der Waals surface area contributed by atoms with Crippen LogP contribution in [0.4, 0.5) is 11.4 Å². The fourth-order valence-electron chi connectivity index (χ4n) is 4.35. The molecule has 2 aromatic rings. The average molecular weight is 438 g/mol. The van der Waals surface area contributed by atoms with Crippen LogP contribution in [0.5, 0.6) is 0 Å². The first kappa shape index (κ1) is 22.2. The number of rotatable bonds is 5. The Morgan fingerprint density at radius 2 is 1.88 bits per heavy atom. The number of carbonyl (C=O) groups is 1. The number of amides is 1. The Kier molecular flexibility index (Phi) is 6.97. The Morgan fingerprint density at radius 1 is 1.12 bits per heavy atom. The van der Waals surface area contributed by atoms with Gasteiger partial charge in [0.2, 0.25) is 5.91 Å². The van der Waals surface area contributed by atoms with Crippen LogP contribution >= 0.6 is 0 Å². The number of guanidine groups is 1. The van der Waals surface area contributed by atoms with E-state index in [2.05, 4.69) is 53.4 Å². The third kappa shape index (κ3) is 5.23. The van der Waals surface area contributed by atoms with Crippen LogP contribution in [-0.4, -0.2) is 65.8 Å². The maximum Gasteiger partial charge on any atom is 0.246 e. The molecular formula is C24H35N7O. The predicted molar refractivity (Wildman–Crippen MR) is 129 cm³/mol. The molecule has 1 N–H and O–H groups in total. The number of aryl methyl sites for hydroxylation is 1. The fourth-order valence-corrected chi connectivity index (χ4v) is 4.35. The Labute approximate surface area is 190 Å². The van der Waals surface area contributed by atoms with Crippen molar-refractivity contribution >= 4 is 23.2 Å². The lowest BCUT2D eigenvalue weighted by Crippen LogP contribution is -2.55. The Bertz CT molecular complexity index is 928. The molecule has 3 heterocycles. The van der Waals surface area contributed by atoms with Crippen molar-refractivity contribution in [3.05, 3.63) is 42.2 Å². The molecule has 2 aliphatic heterocycles. The monoisotopic (exact) mass is 437 g/mol. The van der Waals surface area contributed by atoms with Gasteiger partial charge in [0.1, 0.15) is 6.54 Å². The number of carbonyl (C=O) groups excluding carboxylic acids is 1. The van der Waals surface area contributed by atoms with Gasteiger partial charge in [-0.2, -0.15) is 5.10 Å². The standard InChI is InChI=1S/C24H35N7O/c1-4-25-24(30-13-14-31(23(32)18-30)22-16-27-28(3)17-22)26-15-20-5-7-21(8-6-20)29-11-9-19(2)10-12-29/h5-8,16-17,19H,4,9-15,18H2,1-3H3,(H,25,26). The van der Waals surface area contributed by atoms with Gasteiger partial charge in [-0.15, -0.1) is 0 Å². The predicted octanol–water partition coefficient (Wildman–Crippen LogP) is 2.47. The lowest BCUT2D eigenvalue weighted by atomic mass is 9.99. The quantitative estimate of drug-likeness (QED) is 0.575. The molecule has 0 atom stereocenters. The second-order valence-corrected chi connectivity index (χ2v) is 8.85. The number of hydrogen-bond donors (Lipinski definition) is 1. The highest BCUT2D eigenvalue weighted by Gasteiger charge is 2.27. The van der Waals surface area contributed by atoms with Crippen LogP contribution in [0.1, 0.15) is 32.3 Å². The Balaban J connectivity index is 1.37. The van der Waals surface area contributed by atoms with Crippen molar-refractivity contribution in [1.29, 1.82) is 0 Å². The van der Waals surface area contributed by atoms with E-state index in [9.17, 15) is 4.79 Å². The molecule has 8 nitrogen and oxygen atoms in total. The molecule has 0 radical (unpaired) electrons. The summed E-state index contributed by atoms with van der Waals surface area (Å²) < 4.78 is 1.72. The van der Waals surface area contributed by atoms with E-state index < -0.39 is 0 Å². The molecule has 1 aromatic heterocycles. The maximum absolute atomic E-state index is 12.8. The zero-order chi connectivity index (χ0) is 22.5. The largest absolute Gasteiger partial charge is 0.372 e. The van der Waals surface area contributed by atoms with Crippen molar-refractivity contribution in [2.24, 2.45) is 18.0 Å². The lowest BCUT2D eigenvalue weighted by molar-refractivity contribution is -0.120. The average Bonchev–Trinajstić information content (AvgIpc) is 3.23. The van der Waals surface area contributed by atoms with Gasteiger partial charge in [-0.1, -0.05) is 19.1 Å². The molecule has 2 fully saturated rings. The third-order valence-electron chi connectivity index (χ3n) is 6.35. The van der Waals surface area contributed by atoms with Crippen LogP contribution in [0.15, 0.2) is 41.7 Å². The highest BCUT2D eigenvalue weighted by atomic mass is 16.2. The normalized spacial score (nSPS) is 18.4. The molecule has 172 valence electrons. The number of anilines is 2. The molecule has 32 heavy (non-hydrogen) atoms. The number of aromatic nitrogens is 2. The Morgan fingerprint density at radius 3 is 2.50 bits per heavy atom. The van der Waals surface area contributed by atoms with Crippen LogP contribution < -0.4 is 15.1 Å². The van der Waals surface area contributed by atoms with Crippen molar-refractivity contribution in [2.45, 2.75) is 33.2 Å². The van der Waals surface area contributed by atoms with Crippen LogP contribution in [0.2, 0.25) is 0 Å². The van der Waals surface area contributed by atoms with Gasteiger partial charge < -0.3 is 20.0 Å². The highest BCUT2D eigenvalue weighted by molar-refractivity contribution is 5.98. The summed E-state index contributed by atoms with van der Waals surface area (Å²) in [6.07, 6.45) is 6.15. The summed E-state index contributed by atoms with van der Waals surface area (Å²) in [4.78, 5) is 23.9. The van der Waals surface area contributed by atoms with E-state index >= 15 is 0 Å². The van der Waals surface area contributed by atoms with Crippen LogP contribution in [0, 0.1) is 5.92 Å². The second-order valence-electron chi connectivity index (χ2n) is 8.85. The smallest absolute Gasteiger partial charge is 0.246 e. The van der Waals surface area contributed by atoms with Crippen molar-refractivity contribution in [1.82, 2.24) is 20.0 Å². The zero-order valence-electron chi connectivity index (χ0n) is 19.5. The van der Waals surface area contributed by atoms with Crippen molar-refractivity contribution in [2.75, 3.05) is 49.1 Å². The van der Waals surface area contributed by atoms with Gasteiger partial charge >= 0.3 is 0 Å². The number of benzene rings is 1. The van der Waals surface area contributed by atoms with Crippen molar-refractivity contribution in [3.63, 3.8) is 0 Å². The second kappa shape index (κ2) is 10.1. The van der Waals surface area contributed by atoms with Crippen molar-refractivity contribution < 1.29 is 4.79 Å². The van der Waals surface area contributed by atoms with Gasteiger partial charge in [0.25, 0.3) is 0 Å². The number of nitrogens with one attached hydrogen (secondary N) is 1. The minimum Gasteiger partial charge on any atom is -0.372 e. The summed E-state index contributed by atoms with van der Waals surface area (Å²) in [7, 11) is 1.86. The molecule has 1 amide bonds. The van der Waals surface area contributed by atoms with E-state index in [1.54, 1.807) is 15.8 Å². The maximum atomic E-state index is 12.8. The minimum absolute atomic E-state index is 0.0649. The fraction of sp³-hybridized carbons (Fsp3) is 0.542. The van der Waals surface area contributed by atoms with E-state index in [1.165, 1.54) is 24.1 Å². The summed E-state index contributed by atoms with van der Waals surface area (Å²) in [5.74, 6) is 1.69. The SMILES string of the molecule is CCNC(=NCc1ccc(N2CCC(C)CC2)cc1)N1CCN(c2cnn(C)c2)C(=O)C1. The number of hydrogen-bond acceptors (Lipinski definition) is 4. The van der Waals surface area contributed by atoms with Gasteiger partial charge in [0.05, 0.1) is 18.4 Å². The number of piperidine rings is 1. The molecule has 8 heteroatoms. The number of nitrogens with zero attached hydrogens (tertiary/aromatic N) is 6. The first-order chi connectivity index (χ1) is 15.5. The third-order valence-corrected chi connectivity index (χ3v) is 6.35. The molecule has 0 spiro atoms. The van der Waals surface area contributed by atoms with Gasteiger partial charge in [0, 0.05) is 51.7 Å². The van der Waals surface area contributed by atoms with E-state index in [1.807, 2.05) is 18.1 Å². The van der Waals surface area contributed by atoms with Crippen molar-refractivity contribution in [3.8, 4) is 0 Å². The summed E-state index contributed by atoms with van der Waals surface area (Å²) >= 11 is 0. The van der Waals surface area contributed by atoms with E-state index in [4.69, 9.17) is 4.99 Å². The Hall–Kier alpha value is -3.03. The summed E-state index contributed by atoms with van der Waals surface area (Å²) in [6.45, 7) is 9.71. The zero-order valence-corrected chi connectivity index (χ0v) is 19.5. The molecule has 4 rings (SSSR count). The summed E-state index contributed by atoms with van der Waals surface area (Å²) in [6, 6.07) is 8.77. The number of aliphatic imine (C=N–C) groups is 1. The minimum atomic E-state index is 0.0649. The molecule has 2 aliphatic rings. The lowest BCUT2D eigenvalue weighted by Gasteiger charge is -2.35. The van der Waals surface area contributed by atoms with E-state index in [-0.39, 0.29) is 5.91 Å². The topological polar surface area (TPSA) is 69.0 Å². The van der Waals surface area contributed by atoms with E-state index in [0.29, 0.717) is 19.6 Å². The molecule has 0 saturated carbocycles. The first-order valence-corrected chi connectivity index (χ1v) is 11.7. The highest BCUT2D eigenvalue weighted by Crippen LogP contribution is 2.23. The van der Waals surface area contributed by atoms with Gasteiger partial charge in [-0.25, -0.2) is 4.99 Å². The summed E-state index contributed by atoms with van der Waals surface area (Å²) in [5, 5.41) is 7.53.